The highest BCUT2D eigenvalue weighted by Crippen LogP contribution is 2.23. The number of morpholine rings is 1. The molecule has 1 aliphatic heterocycles. The highest BCUT2D eigenvalue weighted by Gasteiger charge is 2.29. The molecule has 1 atom stereocenters. The largest absolute Gasteiger partial charge is 0.367 e. The summed E-state index contributed by atoms with van der Waals surface area (Å²) in [5, 5.41) is 0. The van der Waals surface area contributed by atoms with Gasteiger partial charge in [-0.1, -0.05) is 0 Å². The number of ether oxygens (including phenoxy) is 1. The third-order valence-electron chi connectivity index (χ3n) is 3.79. The van der Waals surface area contributed by atoms with Crippen molar-refractivity contribution in [2.45, 2.75) is 19.6 Å². The van der Waals surface area contributed by atoms with Gasteiger partial charge in [-0.25, -0.2) is 15.0 Å². The van der Waals surface area contributed by atoms with Crippen molar-refractivity contribution >= 4 is 17.2 Å². The lowest BCUT2D eigenvalue weighted by molar-refractivity contribution is -0.0268. The van der Waals surface area contributed by atoms with Crippen LogP contribution in [0, 0.1) is 6.92 Å². The van der Waals surface area contributed by atoms with E-state index in [1.54, 1.807) is 16.6 Å². The van der Waals surface area contributed by atoms with Crippen LogP contribution in [0.15, 0.2) is 17.8 Å². The number of hydrogen-bond donors (Lipinski definition) is 0. The highest BCUT2D eigenvalue weighted by molar-refractivity contribution is 7.11. The molecule has 0 N–H and O–H groups in total. The average Bonchev–Trinajstić information content (AvgIpc) is 3.00. The molecule has 7 nitrogen and oxygen atoms in total. The summed E-state index contributed by atoms with van der Waals surface area (Å²) in [7, 11) is 3.99. The third kappa shape index (κ3) is 3.77. The Bertz CT molecular complexity index is 718. The van der Waals surface area contributed by atoms with E-state index in [0.29, 0.717) is 30.4 Å². The van der Waals surface area contributed by atoms with Crippen molar-refractivity contribution in [3.63, 3.8) is 0 Å². The Morgan fingerprint density at radius 2 is 2.29 bits per heavy atom. The predicted octanol–water partition coefficient (Wildman–Crippen LogP) is 1.52. The Labute approximate surface area is 145 Å². The van der Waals surface area contributed by atoms with Gasteiger partial charge in [0.15, 0.2) is 5.82 Å². The van der Waals surface area contributed by atoms with Crippen molar-refractivity contribution in [3.05, 3.63) is 39.9 Å². The van der Waals surface area contributed by atoms with Gasteiger partial charge in [0.1, 0.15) is 11.0 Å². The van der Waals surface area contributed by atoms with Gasteiger partial charge in [-0.15, -0.1) is 11.3 Å². The fraction of sp³-hybridized carbons (Fsp3) is 0.500. The topological polar surface area (TPSA) is 71.5 Å². The number of nitrogens with zero attached hydrogens (tertiary/aromatic N) is 5. The molecule has 1 amide bonds. The van der Waals surface area contributed by atoms with E-state index in [1.807, 2.05) is 27.1 Å². The van der Waals surface area contributed by atoms with Crippen molar-refractivity contribution in [2.24, 2.45) is 0 Å². The zero-order chi connectivity index (χ0) is 17.1. The van der Waals surface area contributed by atoms with Gasteiger partial charge in [-0.2, -0.15) is 0 Å². The Morgan fingerprint density at radius 1 is 1.46 bits per heavy atom. The Balaban J connectivity index is 1.74. The van der Waals surface area contributed by atoms with Crippen LogP contribution in [0.3, 0.4) is 0 Å². The van der Waals surface area contributed by atoms with E-state index in [2.05, 4.69) is 19.9 Å². The standard InChI is InChI=1S/C16H21N5O2S/c1-11-14(24-10-18-11)16(22)21-6-7-23-13(9-21)15-17-5-4-12(19-15)8-20(2)3/h4-5,10,13H,6-9H2,1-3H3/t13-/m1/s1. The quantitative estimate of drug-likeness (QED) is 0.835. The monoisotopic (exact) mass is 347 g/mol. The molecule has 0 aromatic carbocycles. The van der Waals surface area contributed by atoms with Crippen LogP contribution in [0.25, 0.3) is 0 Å². The first-order valence-electron chi connectivity index (χ1n) is 7.82. The summed E-state index contributed by atoms with van der Waals surface area (Å²) in [5.41, 5.74) is 3.42. The zero-order valence-corrected chi connectivity index (χ0v) is 14.9. The summed E-state index contributed by atoms with van der Waals surface area (Å²) in [6, 6.07) is 1.90. The van der Waals surface area contributed by atoms with E-state index in [1.165, 1.54) is 11.3 Å². The first kappa shape index (κ1) is 16.9. The van der Waals surface area contributed by atoms with E-state index in [9.17, 15) is 4.79 Å². The second kappa shape index (κ2) is 7.33. The number of carbonyl (C=O) groups is 1. The van der Waals surface area contributed by atoms with Crippen LogP contribution in [-0.4, -0.2) is 64.5 Å². The molecule has 3 heterocycles. The Hall–Kier alpha value is -1.90. The number of carbonyl (C=O) groups excluding carboxylic acids is 1. The van der Waals surface area contributed by atoms with Crippen LogP contribution in [0.2, 0.25) is 0 Å². The van der Waals surface area contributed by atoms with E-state index < -0.39 is 0 Å². The number of aryl methyl sites for hydroxylation is 1. The minimum absolute atomic E-state index is 0.00717. The van der Waals surface area contributed by atoms with Crippen LogP contribution in [0.1, 0.15) is 33.0 Å². The van der Waals surface area contributed by atoms with Gasteiger partial charge < -0.3 is 14.5 Å². The predicted molar refractivity (Wildman–Crippen MR) is 90.9 cm³/mol. The SMILES string of the molecule is Cc1ncsc1C(=O)N1CCO[C@@H](c2nccc(CN(C)C)n2)C1. The van der Waals surface area contributed by atoms with Crippen molar-refractivity contribution in [2.75, 3.05) is 33.8 Å². The maximum Gasteiger partial charge on any atom is 0.266 e. The van der Waals surface area contributed by atoms with Gasteiger partial charge in [0, 0.05) is 19.3 Å². The summed E-state index contributed by atoms with van der Waals surface area (Å²) >= 11 is 1.38. The Kier molecular flexibility index (Phi) is 5.17. The minimum Gasteiger partial charge on any atom is -0.367 e. The minimum atomic E-state index is -0.293. The van der Waals surface area contributed by atoms with Crippen LogP contribution in [0.4, 0.5) is 0 Å². The number of thiazole rings is 1. The van der Waals surface area contributed by atoms with E-state index in [0.717, 1.165) is 17.9 Å². The van der Waals surface area contributed by atoms with Crippen molar-refractivity contribution < 1.29 is 9.53 Å². The molecular formula is C16H21N5O2S. The molecule has 0 radical (unpaired) electrons. The second-order valence-electron chi connectivity index (χ2n) is 6.02. The van der Waals surface area contributed by atoms with E-state index in [4.69, 9.17) is 4.74 Å². The van der Waals surface area contributed by atoms with Crippen molar-refractivity contribution in [3.8, 4) is 0 Å². The van der Waals surface area contributed by atoms with Crippen molar-refractivity contribution in [1.29, 1.82) is 0 Å². The summed E-state index contributed by atoms with van der Waals surface area (Å²) in [5.74, 6) is 0.639. The Morgan fingerprint density at radius 3 is 3.00 bits per heavy atom. The lowest BCUT2D eigenvalue weighted by atomic mass is 10.2. The molecule has 3 rings (SSSR count). The van der Waals surface area contributed by atoms with Gasteiger partial charge in [-0.3, -0.25) is 4.79 Å². The summed E-state index contributed by atoms with van der Waals surface area (Å²) < 4.78 is 5.81. The number of amides is 1. The fourth-order valence-electron chi connectivity index (χ4n) is 2.62. The molecule has 128 valence electrons. The van der Waals surface area contributed by atoms with E-state index >= 15 is 0 Å². The number of hydrogen-bond acceptors (Lipinski definition) is 7. The molecule has 1 aliphatic rings. The molecular weight excluding hydrogens is 326 g/mol. The average molecular weight is 347 g/mol. The first-order chi connectivity index (χ1) is 11.5. The van der Waals surface area contributed by atoms with Crippen LogP contribution < -0.4 is 0 Å². The van der Waals surface area contributed by atoms with Gasteiger partial charge >= 0.3 is 0 Å². The molecule has 0 saturated carbocycles. The lowest BCUT2D eigenvalue weighted by Crippen LogP contribution is -2.42. The molecule has 0 aliphatic carbocycles. The zero-order valence-electron chi connectivity index (χ0n) is 14.1. The van der Waals surface area contributed by atoms with Crippen molar-refractivity contribution in [1.82, 2.24) is 24.8 Å². The second-order valence-corrected chi connectivity index (χ2v) is 6.88. The molecule has 8 heteroatoms. The van der Waals surface area contributed by atoms with Crippen LogP contribution in [-0.2, 0) is 11.3 Å². The van der Waals surface area contributed by atoms with E-state index in [-0.39, 0.29) is 12.0 Å². The molecule has 1 saturated heterocycles. The molecule has 0 unspecified atom stereocenters. The molecule has 1 fully saturated rings. The highest BCUT2D eigenvalue weighted by atomic mass is 32.1. The van der Waals surface area contributed by atoms with Gasteiger partial charge in [-0.05, 0) is 27.1 Å². The van der Waals surface area contributed by atoms with Crippen LogP contribution >= 0.6 is 11.3 Å². The number of rotatable bonds is 4. The molecule has 24 heavy (non-hydrogen) atoms. The van der Waals surface area contributed by atoms with Crippen LogP contribution in [0.5, 0.6) is 0 Å². The summed E-state index contributed by atoms with van der Waals surface area (Å²) in [6.45, 7) is 4.11. The third-order valence-corrected chi connectivity index (χ3v) is 4.71. The molecule has 2 aromatic heterocycles. The maximum atomic E-state index is 12.7. The fourth-order valence-corrected chi connectivity index (χ4v) is 3.39. The maximum absolute atomic E-state index is 12.7. The lowest BCUT2D eigenvalue weighted by Gasteiger charge is -2.32. The smallest absolute Gasteiger partial charge is 0.266 e. The summed E-state index contributed by atoms with van der Waals surface area (Å²) in [6.07, 6.45) is 1.46. The van der Waals surface area contributed by atoms with Gasteiger partial charge in [0.05, 0.1) is 30.1 Å². The van der Waals surface area contributed by atoms with Gasteiger partial charge in [0.2, 0.25) is 0 Å². The molecule has 0 spiro atoms. The normalized spacial score (nSPS) is 18.2. The first-order valence-corrected chi connectivity index (χ1v) is 8.70. The summed E-state index contributed by atoms with van der Waals surface area (Å²) in [4.78, 5) is 30.3. The molecule has 0 bridgehead atoms. The molecule has 2 aromatic rings. The number of aromatic nitrogens is 3. The van der Waals surface area contributed by atoms with Gasteiger partial charge in [0.25, 0.3) is 5.91 Å².